The monoisotopic (exact) mass is 278 g/mol. The third kappa shape index (κ3) is 1.94. The molecule has 1 saturated heterocycles. The van der Waals surface area contributed by atoms with Crippen LogP contribution < -0.4 is 4.90 Å². The van der Waals surface area contributed by atoms with E-state index in [1.54, 1.807) is 0 Å². The maximum atomic E-state index is 9.18. The van der Waals surface area contributed by atoms with Gasteiger partial charge in [0.15, 0.2) is 0 Å². The molecule has 0 saturated carbocycles. The molecule has 2 atom stereocenters. The molecule has 0 amide bonds. The Morgan fingerprint density at radius 1 is 1.31 bits per heavy atom. The average Bonchev–Trinajstić information content (AvgIpc) is 2.59. The van der Waals surface area contributed by atoms with Crippen molar-refractivity contribution in [3.05, 3.63) is 28.2 Å². The van der Waals surface area contributed by atoms with Crippen molar-refractivity contribution >= 4 is 21.6 Å². The van der Waals surface area contributed by atoms with Gasteiger partial charge in [0.25, 0.3) is 0 Å². The molecule has 0 radical (unpaired) electrons. The number of anilines is 1. The lowest BCUT2D eigenvalue weighted by atomic mass is 10.0. The molecule has 0 spiro atoms. The van der Waals surface area contributed by atoms with Gasteiger partial charge in [0.2, 0.25) is 0 Å². The third-order valence-electron chi connectivity index (χ3n) is 3.43. The van der Waals surface area contributed by atoms with Crippen LogP contribution in [0.5, 0.6) is 0 Å². The fourth-order valence-corrected chi connectivity index (χ4v) is 2.66. The van der Waals surface area contributed by atoms with Crippen LogP contribution in [0.3, 0.4) is 0 Å². The molecule has 1 fully saturated rings. The van der Waals surface area contributed by atoms with Gasteiger partial charge in [-0.25, -0.2) is 0 Å². The molecule has 16 heavy (non-hydrogen) atoms. The van der Waals surface area contributed by atoms with Gasteiger partial charge in [0, 0.05) is 17.6 Å². The quantitative estimate of drug-likeness (QED) is 0.787. The van der Waals surface area contributed by atoms with Crippen molar-refractivity contribution in [3.8, 4) is 6.07 Å². The van der Waals surface area contributed by atoms with Crippen LogP contribution in [0.4, 0.5) is 5.69 Å². The van der Waals surface area contributed by atoms with E-state index in [1.165, 1.54) is 0 Å². The van der Waals surface area contributed by atoms with Gasteiger partial charge in [-0.05, 0) is 39.9 Å². The second kappa shape index (κ2) is 4.47. The van der Waals surface area contributed by atoms with Crippen LogP contribution in [0.25, 0.3) is 0 Å². The van der Waals surface area contributed by atoms with Gasteiger partial charge in [0.1, 0.15) is 6.07 Å². The Hall–Kier alpha value is -1.01. The Labute approximate surface area is 105 Å². The second-order valence-corrected chi connectivity index (χ2v) is 5.46. The van der Waals surface area contributed by atoms with E-state index in [0.717, 1.165) is 28.8 Å². The Kier molecular flexibility index (Phi) is 3.20. The van der Waals surface area contributed by atoms with Crippen LogP contribution in [-0.2, 0) is 0 Å². The standard InChI is InChI=1S/C13H15BrN2/c1-9-7-16(8-10(9)2)13-5-3-4-12(14)11(13)6-15/h3-5,9-10H,7-8H2,1-2H3. The van der Waals surface area contributed by atoms with Crippen molar-refractivity contribution in [2.24, 2.45) is 11.8 Å². The van der Waals surface area contributed by atoms with Gasteiger partial charge < -0.3 is 4.90 Å². The number of nitrogens with zero attached hydrogens (tertiary/aromatic N) is 2. The first kappa shape index (κ1) is 11.5. The molecule has 2 nitrogen and oxygen atoms in total. The zero-order chi connectivity index (χ0) is 11.7. The number of halogens is 1. The maximum absolute atomic E-state index is 9.18. The van der Waals surface area contributed by atoms with Crippen LogP contribution in [-0.4, -0.2) is 13.1 Å². The van der Waals surface area contributed by atoms with Crippen molar-refractivity contribution in [1.29, 1.82) is 5.26 Å². The van der Waals surface area contributed by atoms with Gasteiger partial charge in [-0.3, -0.25) is 0 Å². The van der Waals surface area contributed by atoms with Crippen molar-refractivity contribution in [3.63, 3.8) is 0 Å². The van der Waals surface area contributed by atoms with Crippen LogP contribution in [0, 0.1) is 23.2 Å². The Morgan fingerprint density at radius 3 is 2.50 bits per heavy atom. The maximum Gasteiger partial charge on any atom is 0.103 e. The molecule has 0 aromatic heterocycles. The molecule has 3 heteroatoms. The minimum absolute atomic E-state index is 0.700. The normalized spacial score (nSPS) is 24.5. The summed E-state index contributed by atoms with van der Waals surface area (Å²) in [5.74, 6) is 1.40. The molecule has 0 N–H and O–H groups in total. The predicted molar refractivity (Wildman–Crippen MR) is 69.4 cm³/mol. The molecule has 2 unspecified atom stereocenters. The van der Waals surface area contributed by atoms with E-state index in [4.69, 9.17) is 0 Å². The van der Waals surface area contributed by atoms with Gasteiger partial charge in [-0.2, -0.15) is 5.26 Å². The van der Waals surface area contributed by atoms with Crippen LogP contribution in [0.15, 0.2) is 22.7 Å². The highest BCUT2D eigenvalue weighted by molar-refractivity contribution is 9.10. The largest absolute Gasteiger partial charge is 0.370 e. The first-order chi connectivity index (χ1) is 7.63. The predicted octanol–water partition coefficient (Wildman–Crippen LogP) is 3.41. The Balaban J connectivity index is 2.35. The number of benzene rings is 1. The number of hydrogen-bond acceptors (Lipinski definition) is 2. The minimum atomic E-state index is 0.700. The van der Waals surface area contributed by atoms with E-state index in [1.807, 2.05) is 18.2 Å². The zero-order valence-corrected chi connectivity index (χ0v) is 11.2. The molecule has 1 aliphatic heterocycles. The van der Waals surface area contributed by atoms with Gasteiger partial charge in [0.05, 0.1) is 11.3 Å². The number of hydrogen-bond donors (Lipinski definition) is 0. The van der Waals surface area contributed by atoms with Crippen LogP contribution >= 0.6 is 15.9 Å². The van der Waals surface area contributed by atoms with Gasteiger partial charge in [-0.1, -0.05) is 19.9 Å². The molecule has 2 rings (SSSR count). The summed E-state index contributed by atoms with van der Waals surface area (Å²) in [6, 6.07) is 8.23. The molecule has 1 aromatic carbocycles. The summed E-state index contributed by atoms with van der Waals surface area (Å²) in [4.78, 5) is 2.32. The summed E-state index contributed by atoms with van der Waals surface area (Å²) in [6.07, 6.45) is 0. The summed E-state index contributed by atoms with van der Waals surface area (Å²) in [5.41, 5.74) is 1.82. The molecule has 0 aliphatic carbocycles. The van der Waals surface area contributed by atoms with Crippen molar-refractivity contribution in [1.82, 2.24) is 0 Å². The molecular weight excluding hydrogens is 264 g/mol. The first-order valence-corrected chi connectivity index (χ1v) is 6.36. The van der Waals surface area contributed by atoms with Crippen LogP contribution in [0.1, 0.15) is 19.4 Å². The highest BCUT2D eigenvalue weighted by Gasteiger charge is 2.27. The molecular formula is C13H15BrN2. The number of rotatable bonds is 1. The van der Waals surface area contributed by atoms with E-state index in [-0.39, 0.29) is 0 Å². The van der Waals surface area contributed by atoms with Gasteiger partial charge >= 0.3 is 0 Å². The lowest BCUT2D eigenvalue weighted by molar-refractivity contribution is 0.494. The topological polar surface area (TPSA) is 27.0 Å². The van der Waals surface area contributed by atoms with Crippen molar-refractivity contribution in [2.75, 3.05) is 18.0 Å². The van der Waals surface area contributed by atoms with Crippen molar-refractivity contribution in [2.45, 2.75) is 13.8 Å². The third-order valence-corrected chi connectivity index (χ3v) is 4.09. The zero-order valence-electron chi connectivity index (χ0n) is 9.57. The Bertz CT molecular complexity index is 426. The van der Waals surface area contributed by atoms with Crippen molar-refractivity contribution < 1.29 is 0 Å². The SMILES string of the molecule is CC1CN(c2cccc(Br)c2C#N)CC1C. The highest BCUT2D eigenvalue weighted by Crippen LogP contribution is 2.32. The Morgan fingerprint density at radius 2 is 1.94 bits per heavy atom. The van der Waals surface area contributed by atoms with E-state index in [9.17, 15) is 5.26 Å². The minimum Gasteiger partial charge on any atom is -0.370 e. The number of nitriles is 1. The summed E-state index contributed by atoms with van der Waals surface area (Å²) in [6.45, 7) is 6.64. The van der Waals surface area contributed by atoms with E-state index < -0.39 is 0 Å². The lowest BCUT2D eigenvalue weighted by Gasteiger charge is -2.20. The summed E-state index contributed by atoms with van der Waals surface area (Å²) < 4.78 is 0.889. The van der Waals surface area contributed by atoms with Gasteiger partial charge in [-0.15, -0.1) is 0 Å². The van der Waals surface area contributed by atoms with E-state index >= 15 is 0 Å². The fraction of sp³-hybridized carbons (Fsp3) is 0.462. The molecule has 0 bridgehead atoms. The van der Waals surface area contributed by atoms with E-state index in [2.05, 4.69) is 40.7 Å². The lowest BCUT2D eigenvalue weighted by Crippen LogP contribution is -2.20. The fourth-order valence-electron chi connectivity index (χ4n) is 2.21. The summed E-state index contributed by atoms with van der Waals surface area (Å²) >= 11 is 3.44. The van der Waals surface area contributed by atoms with Crippen LogP contribution in [0.2, 0.25) is 0 Å². The average molecular weight is 279 g/mol. The summed E-state index contributed by atoms with van der Waals surface area (Å²) in [7, 11) is 0. The smallest absolute Gasteiger partial charge is 0.103 e. The molecule has 1 heterocycles. The molecule has 1 aliphatic rings. The molecule has 84 valence electrons. The van der Waals surface area contributed by atoms with E-state index in [0.29, 0.717) is 11.8 Å². The highest BCUT2D eigenvalue weighted by atomic mass is 79.9. The second-order valence-electron chi connectivity index (χ2n) is 4.61. The first-order valence-electron chi connectivity index (χ1n) is 5.57. The summed E-state index contributed by atoms with van der Waals surface area (Å²) in [5, 5.41) is 9.18. The molecule has 1 aromatic rings.